The van der Waals surface area contributed by atoms with Crippen LogP contribution in [0, 0.1) is 0 Å². The van der Waals surface area contributed by atoms with Gasteiger partial charge in [-0.1, -0.05) is 73.7 Å². The number of phenolic OH excluding ortho intramolecular Hbond substituents is 1. The minimum Gasteiger partial charge on any atom is -0.508 e. The molecule has 2 N–H and O–H groups in total. The van der Waals surface area contributed by atoms with Gasteiger partial charge in [0.2, 0.25) is 11.8 Å². The largest absolute Gasteiger partial charge is 0.508 e. The molecule has 0 bridgehead atoms. The van der Waals surface area contributed by atoms with Crippen LogP contribution in [0.4, 0.5) is 4.79 Å². The zero-order valence-electron chi connectivity index (χ0n) is 24.7. The molecule has 10 nitrogen and oxygen atoms in total. The topological polar surface area (TPSA) is 109 Å². The SMILES string of the molecule is CCCN1CC(=O)N2C(CN(Cc3cccc4cccnc34)C(=O)[C@@H]2Cc2ccc(O)cc2)N1C(=O)NCc1ccccc1. The maximum Gasteiger partial charge on any atom is 0.334 e. The number of nitrogens with zero attached hydrogens (tertiary/aromatic N) is 5. The van der Waals surface area contributed by atoms with Crippen molar-refractivity contribution in [2.24, 2.45) is 0 Å². The predicted molar refractivity (Wildman–Crippen MR) is 166 cm³/mol. The number of phenols is 1. The molecular formula is C34H36N6O4. The summed E-state index contributed by atoms with van der Waals surface area (Å²) in [7, 11) is 0. The van der Waals surface area contributed by atoms with Gasteiger partial charge in [0, 0.05) is 37.6 Å². The highest BCUT2D eigenvalue weighted by Gasteiger charge is 2.51. The van der Waals surface area contributed by atoms with Crippen molar-refractivity contribution in [1.29, 1.82) is 0 Å². The number of aromatic nitrogens is 1. The number of hydrogen-bond acceptors (Lipinski definition) is 6. The molecule has 2 saturated heterocycles. The van der Waals surface area contributed by atoms with Crippen LogP contribution in [0.15, 0.2) is 91.1 Å². The second kappa shape index (κ2) is 12.7. The Morgan fingerprint density at radius 2 is 1.73 bits per heavy atom. The fourth-order valence-corrected chi connectivity index (χ4v) is 6.20. The van der Waals surface area contributed by atoms with Crippen molar-refractivity contribution in [1.82, 2.24) is 30.1 Å². The Bertz CT molecular complexity index is 1640. The molecule has 2 aliphatic heterocycles. The Morgan fingerprint density at radius 3 is 2.50 bits per heavy atom. The van der Waals surface area contributed by atoms with Crippen molar-refractivity contribution < 1.29 is 19.5 Å². The zero-order chi connectivity index (χ0) is 30.6. The molecule has 1 aromatic heterocycles. The molecule has 0 radical (unpaired) electrons. The van der Waals surface area contributed by atoms with Gasteiger partial charge in [0.05, 0.1) is 18.6 Å². The Kier molecular flexibility index (Phi) is 8.42. The molecule has 4 amide bonds. The third kappa shape index (κ3) is 5.93. The van der Waals surface area contributed by atoms with E-state index in [1.165, 1.54) is 0 Å². The molecule has 6 rings (SSSR count). The summed E-state index contributed by atoms with van der Waals surface area (Å²) >= 11 is 0. The van der Waals surface area contributed by atoms with E-state index < -0.39 is 12.2 Å². The number of rotatable bonds is 8. The second-order valence-electron chi connectivity index (χ2n) is 11.3. The number of hydrazine groups is 1. The molecule has 2 fully saturated rings. The quantitative estimate of drug-likeness (QED) is 0.321. The first-order valence-electron chi connectivity index (χ1n) is 15.0. The van der Waals surface area contributed by atoms with E-state index in [2.05, 4.69) is 10.3 Å². The summed E-state index contributed by atoms with van der Waals surface area (Å²) in [6, 6.07) is 24.9. The molecular weight excluding hydrogens is 556 g/mol. The number of para-hydroxylation sites is 1. The summed E-state index contributed by atoms with van der Waals surface area (Å²) in [6.07, 6.45) is 2.02. The minimum atomic E-state index is -0.832. The van der Waals surface area contributed by atoms with E-state index in [1.54, 1.807) is 50.3 Å². The van der Waals surface area contributed by atoms with Crippen molar-refractivity contribution in [3.8, 4) is 5.75 Å². The lowest BCUT2D eigenvalue weighted by atomic mass is 9.98. The number of benzene rings is 3. The fraction of sp³-hybridized carbons (Fsp3) is 0.294. The molecule has 226 valence electrons. The Balaban J connectivity index is 1.36. The summed E-state index contributed by atoms with van der Waals surface area (Å²) < 4.78 is 0. The Hall–Kier alpha value is -4.96. The first-order valence-corrected chi connectivity index (χ1v) is 15.0. The van der Waals surface area contributed by atoms with Crippen molar-refractivity contribution in [2.45, 2.75) is 45.1 Å². The number of amides is 4. The van der Waals surface area contributed by atoms with Crippen molar-refractivity contribution in [3.63, 3.8) is 0 Å². The summed E-state index contributed by atoms with van der Waals surface area (Å²) in [5, 5.41) is 17.3. The lowest BCUT2D eigenvalue weighted by Crippen LogP contribution is -2.76. The number of urea groups is 1. The number of carbonyl (C=O) groups excluding carboxylic acids is 3. The Labute approximate surface area is 256 Å². The molecule has 44 heavy (non-hydrogen) atoms. The first kappa shape index (κ1) is 29.1. The molecule has 0 aliphatic carbocycles. The van der Waals surface area contributed by atoms with Crippen LogP contribution in [0.3, 0.4) is 0 Å². The van der Waals surface area contributed by atoms with Gasteiger partial charge in [0.1, 0.15) is 18.0 Å². The van der Waals surface area contributed by atoms with E-state index in [1.807, 2.05) is 67.6 Å². The van der Waals surface area contributed by atoms with E-state index in [4.69, 9.17) is 0 Å². The molecule has 2 atom stereocenters. The molecule has 1 unspecified atom stereocenters. The van der Waals surface area contributed by atoms with Gasteiger partial charge in [-0.2, -0.15) is 0 Å². The van der Waals surface area contributed by atoms with Gasteiger partial charge in [-0.05, 0) is 41.3 Å². The second-order valence-corrected chi connectivity index (χ2v) is 11.3. The highest BCUT2D eigenvalue weighted by molar-refractivity contribution is 5.92. The third-order valence-corrected chi connectivity index (χ3v) is 8.25. The molecule has 4 aromatic rings. The van der Waals surface area contributed by atoms with E-state index in [-0.39, 0.29) is 49.7 Å². The van der Waals surface area contributed by atoms with Gasteiger partial charge in [0.25, 0.3) is 0 Å². The van der Waals surface area contributed by atoms with E-state index in [0.717, 1.165) is 34.0 Å². The normalized spacial score (nSPS) is 18.9. The van der Waals surface area contributed by atoms with E-state index >= 15 is 0 Å². The molecule has 3 aromatic carbocycles. The lowest BCUT2D eigenvalue weighted by Gasteiger charge is -2.55. The van der Waals surface area contributed by atoms with Gasteiger partial charge in [-0.15, -0.1) is 0 Å². The average molecular weight is 593 g/mol. The number of piperazine rings is 1. The number of carbonyl (C=O) groups is 3. The summed E-state index contributed by atoms with van der Waals surface area (Å²) in [4.78, 5) is 49.9. The summed E-state index contributed by atoms with van der Waals surface area (Å²) in [5.41, 5.74) is 3.46. The van der Waals surface area contributed by atoms with Crippen LogP contribution in [0.2, 0.25) is 0 Å². The van der Waals surface area contributed by atoms with Crippen LogP contribution >= 0.6 is 0 Å². The number of aromatic hydroxyl groups is 1. The number of hydrogen-bond donors (Lipinski definition) is 2. The predicted octanol–water partition coefficient (Wildman–Crippen LogP) is 3.90. The number of nitrogens with one attached hydrogen (secondary N) is 1. The van der Waals surface area contributed by atoms with E-state index in [9.17, 15) is 19.5 Å². The maximum atomic E-state index is 14.3. The van der Waals surface area contributed by atoms with Crippen LogP contribution in [0.5, 0.6) is 5.75 Å². The van der Waals surface area contributed by atoms with Crippen molar-refractivity contribution >= 4 is 28.7 Å². The van der Waals surface area contributed by atoms with Crippen LogP contribution < -0.4 is 5.32 Å². The smallest absolute Gasteiger partial charge is 0.334 e. The molecule has 0 spiro atoms. The number of fused-ring (bicyclic) bond motifs is 2. The summed E-state index contributed by atoms with van der Waals surface area (Å²) in [5.74, 6) is -0.263. The maximum absolute atomic E-state index is 14.3. The molecule has 3 heterocycles. The van der Waals surface area contributed by atoms with E-state index in [0.29, 0.717) is 13.1 Å². The summed E-state index contributed by atoms with van der Waals surface area (Å²) in [6.45, 7) is 3.28. The van der Waals surface area contributed by atoms with Gasteiger partial charge < -0.3 is 20.2 Å². The van der Waals surface area contributed by atoms with Crippen LogP contribution in [0.25, 0.3) is 10.9 Å². The average Bonchev–Trinajstić information content (AvgIpc) is 3.03. The highest BCUT2D eigenvalue weighted by Crippen LogP contribution is 2.30. The molecule has 2 aliphatic rings. The number of pyridine rings is 1. The fourth-order valence-electron chi connectivity index (χ4n) is 6.20. The zero-order valence-corrected chi connectivity index (χ0v) is 24.7. The van der Waals surface area contributed by atoms with Crippen molar-refractivity contribution in [3.05, 3.63) is 108 Å². The van der Waals surface area contributed by atoms with Gasteiger partial charge in [-0.25, -0.2) is 14.8 Å². The van der Waals surface area contributed by atoms with Gasteiger partial charge in [0.15, 0.2) is 0 Å². The van der Waals surface area contributed by atoms with Crippen molar-refractivity contribution in [2.75, 3.05) is 19.6 Å². The standard InChI is InChI=1S/C34H36N6O4/c1-2-18-38-23-31(42)39-29(19-24-13-15-28(41)16-14-24)33(43)37(21-27-11-6-10-26-12-7-17-35-32(26)27)22-30(39)40(38)34(44)36-20-25-8-4-3-5-9-25/h3-17,29-30,41H,2,18-23H2,1H3,(H,36,44)/t29-,30?/m0/s1. The monoisotopic (exact) mass is 592 g/mol. The molecule has 10 heteroatoms. The Morgan fingerprint density at radius 1 is 0.955 bits per heavy atom. The lowest BCUT2D eigenvalue weighted by molar-refractivity contribution is -0.190. The van der Waals surface area contributed by atoms with Gasteiger partial charge in [-0.3, -0.25) is 14.6 Å². The van der Waals surface area contributed by atoms with Crippen LogP contribution in [0.1, 0.15) is 30.0 Å². The minimum absolute atomic E-state index is 0.00427. The first-order chi connectivity index (χ1) is 21.4. The van der Waals surface area contributed by atoms with Crippen LogP contribution in [-0.2, 0) is 29.1 Å². The van der Waals surface area contributed by atoms with Gasteiger partial charge >= 0.3 is 6.03 Å². The van der Waals surface area contributed by atoms with Crippen LogP contribution in [-0.4, -0.2) is 79.6 Å². The molecule has 0 saturated carbocycles. The third-order valence-electron chi connectivity index (χ3n) is 8.25. The highest BCUT2D eigenvalue weighted by atomic mass is 16.3.